The summed E-state index contributed by atoms with van der Waals surface area (Å²) < 4.78 is 5.34. The van der Waals surface area contributed by atoms with Gasteiger partial charge in [-0.2, -0.15) is 0 Å². The van der Waals surface area contributed by atoms with Gasteiger partial charge >= 0.3 is 0 Å². The molecule has 0 aromatic heterocycles. The number of rotatable bonds is 7. The number of para-hydroxylation sites is 1. The molecule has 1 rings (SSSR count). The van der Waals surface area contributed by atoms with Gasteiger partial charge in [0, 0.05) is 12.1 Å². The minimum atomic E-state index is -0.463. The van der Waals surface area contributed by atoms with Crippen molar-refractivity contribution < 1.29 is 9.53 Å². The number of hydrogen-bond donors (Lipinski definition) is 2. The molecule has 3 N–H and O–H groups in total. The smallest absolute Gasteiger partial charge is 0.255 e. The van der Waals surface area contributed by atoms with Crippen molar-refractivity contribution in [1.29, 1.82) is 0 Å². The Morgan fingerprint density at radius 2 is 2.12 bits per heavy atom. The van der Waals surface area contributed by atoms with E-state index in [1.54, 1.807) is 0 Å². The number of hydrogen-bond acceptors (Lipinski definition) is 3. The van der Waals surface area contributed by atoms with E-state index in [1.165, 1.54) is 0 Å². The van der Waals surface area contributed by atoms with Crippen molar-refractivity contribution in [2.45, 2.75) is 20.4 Å². The van der Waals surface area contributed by atoms with E-state index in [2.05, 4.69) is 19.2 Å². The third-order valence-electron chi connectivity index (χ3n) is 2.21. The van der Waals surface area contributed by atoms with Crippen molar-refractivity contribution in [3.05, 3.63) is 29.8 Å². The summed E-state index contributed by atoms with van der Waals surface area (Å²) in [5.74, 6) is 0.853. The van der Waals surface area contributed by atoms with Gasteiger partial charge in [-0.3, -0.25) is 4.79 Å². The summed E-state index contributed by atoms with van der Waals surface area (Å²) in [6, 6.07) is 7.64. The molecular formula is C13H20N2O2. The van der Waals surface area contributed by atoms with Gasteiger partial charge in [-0.25, -0.2) is 0 Å². The second-order valence-corrected chi connectivity index (χ2v) is 4.39. The van der Waals surface area contributed by atoms with Crippen molar-refractivity contribution in [3.63, 3.8) is 0 Å². The zero-order valence-corrected chi connectivity index (χ0v) is 10.4. The van der Waals surface area contributed by atoms with Gasteiger partial charge in [-0.1, -0.05) is 32.0 Å². The molecule has 0 aliphatic rings. The highest BCUT2D eigenvalue weighted by Crippen LogP contribution is 2.17. The third kappa shape index (κ3) is 5.36. The van der Waals surface area contributed by atoms with Crippen molar-refractivity contribution in [3.8, 4) is 5.75 Å². The Bertz CT molecular complexity index is 364. The molecule has 17 heavy (non-hydrogen) atoms. The third-order valence-corrected chi connectivity index (χ3v) is 2.21. The lowest BCUT2D eigenvalue weighted by atomic mass is 10.2. The van der Waals surface area contributed by atoms with Gasteiger partial charge in [0.1, 0.15) is 5.75 Å². The minimum absolute atomic E-state index is 0.0821. The van der Waals surface area contributed by atoms with E-state index in [1.807, 2.05) is 24.3 Å². The fraction of sp³-hybridized carbons (Fsp3) is 0.462. The number of amides is 1. The van der Waals surface area contributed by atoms with E-state index in [9.17, 15) is 4.79 Å². The predicted molar refractivity (Wildman–Crippen MR) is 67.7 cm³/mol. The van der Waals surface area contributed by atoms with Crippen LogP contribution in [-0.4, -0.2) is 19.1 Å². The lowest BCUT2D eigenvalue weighted by Crippen LogP contribution is -2.22. The van der Waals surface area contributed by atoms with Gasteiger partial charge in [0.2, 0.25) is 0 Å². The second kappa shape index (κ2) is 6.91. The SMILES string of the molecule is CC(C)CNCc1ccccc1OCC(N)=O. The highest BCUT2D eigenvalue weighted by molar-refractivity contribution is 5.75. The van der Waals surface area contributed by atoms with Crippen LogP contribution in [0.1, 0.15) is 19.4 Å². The van der Waals surface area contributed by atoms with Crippen LogP contribution in [0.5, 0.6) is 5.75 Å². The first kappa shape index (κ1) is 13.5. The molecular weight excluding hydrogens is 216 g/mol. The summed E-state index contributed by atoms with van der Waals surface area (Å²) in [6.45, 7) is 5.91. The highest BCUT2D eigenvalue weighted by atomic mass is 16.5. The average molecular weight is 236 g/mol. The Morgan fingerprint density at radius 1 is 1.41 bits per heavy atom. The summed E-state index contributed by atoms with van der Waals surface area (Å²) >= 11 is 0. The summed E-state index contributed by atoms with van der Waals surface area (Å²) in [7, 11) is 0. The highest BCUT2D eigenvalue weighted by Gasteiger charge is 2.04. The molecule has 0 spiro atoms. The number of carbonyl (C=O) groups is 1. The van der Waals surface area contributed by atoms with Crippen molar-refractivity contribution in [2.24, 2.45) is 11.7 Å². The normalized spacial score (nSPS) is 10.5. The molecule has 1 amide bonds. The maximum Gasteiger partial charge on any atom is 0.255 e. The summed E-state index contributed by atoms with van der Waals surface area (Å²) in [5, 5.41) is 3.33. The standard InChI is InChI=1S/C13H20N2O2/c1-10(2)7-15-8-11-5-3-4-6-12(11)17-9-13(14)16/h3-6,10,15H,7-9H2,1-2H3,(H2,14,16). The van der Waals surface area contributed by atoms with Gasteiger partial charge in [0.05, 0.1) is 0 Å². The lowest BCUT2D eigenvalue weighted by molar-refractivity contribution is -0.119. The van der Waals surface area contributed by atoms with Crippen LogP contribution in [0.2, 0.25) is 0 Å². The molecule has 0 saturated carbocycles. The fourth-order valence-corrected chi connectivity index (χ4v) is 1.44. The molecule has 0 unspecified atom stereocenters. The fourth-order valence-electron chi connectivity index (χ4n) is 1.44. The first-order valence-electron chi connectivity index (χ1n) is 5.79. The summed E-state index contributed by atoms with van der Waals surface area (Å²) in [5.41, 5.74) is 6.09. The van der Waals surface area contributed by atoms with Crippen LogP contribution in [0.3, 0.4) is 0 Å². The lowest BCUT2D eigenvalue weighted by Gasteiger charge is -2.12. The van der Waals surface area contributed by atoms with E-state index in [4.69, 9.17) is 10.5 Å². The van der Waals surface area contributed by atoms with Crippen LogP contribution in [0, 0.1) is 5.92 Å². The summed E-state index contributed by atoms with van der Waals surface area (Å²) in [6.07, 6.45) is 0. The van der Waals surface area contributed by atoms with E-state index in [-0.39, 0.29) is 6.61 Å². The molecule has 0 radical (unpaired) electrons. The zero-order valence-electron chi connectivity index (χ0n) is 10.4. The second-order valence-electron chi connectivity index (χ2n) is 4.39. The molecule has 94 valence electrons. The largest absolute Gasteiger partial charge is 0.483 e. The van der Waals surface area contributed by atoms with Crippen molar-refractivity contribution in [2.75, 3.05) is 13.2 Å². The van der Waals surface area contributed by atoms with E-state index < -0.39 is 5.91 Å². The number of ether oxygens (including phenoxy) is 1. The van der Waals surface area contributed by atoms with Crippen LogP contribution in [-0.2, 0) is 11.3 Å². The predicted octanol–water partition coefficient (Wildman–Crippen LogP) is 1.30. The first-order valence-corrected chi connectivity index (χ1v) is 5.79. The van der Waals surface area contributed by atoms with Gasteiger partial charge < -0.3 is 15.8 Å². The molecule has 0 aliphatic heterocycles. The number of primary amides is 1. The van der Waals surface area contributed by atoms with Crippen LogP contribution < -0.4 is 15.8 Å². The Hall–Kier alpha value is -1.55. The molecule has 1 aromatic rings. The Balaban J connectivity index is 2.54. The van der Waals surface area contributed by atoms with Gasteiger partial charge in [0.25, 0.3) is 5.91 Å². The van der Waals surface area contributed by atoms with Crippen molar-refractivity contribution >= 4 is 5.91 Å². The Labute approximate surface area is 102 Å². The molecule has 0 fully saturated rings. The van der Waals surface area contributed by atoms with Gasteiger partial charge in [0.15, 0.2) is 6.61 Å². The topological polar surface area (TPSA) is 64.3 Å². The van der Waals surface area contributed by atoms with Crippen LogP contribution in [0.15, 0.2) is 24.3 Å². The van der Waals surface area contributed by atoms with E-state index >= 15 is 0 Å². The van der Waals surface area contributed by atoms with E-state index in [0.29, 0.717) is 11.7 Å². The molecule has 0 saturated heterocycles. The quantitative estimate of drug-likeness (QED) is 0.750. The van der Waals surface area contributed by atoms with Crippen LogP contribution >= 0.6 is 0 Å². The number of nitrogens with one attached hydrogen (secondary N) is 1. The van der Waals surface area contributed by atoms with Crippen LogP contribution in [0.25, 0.3) is 0 Å². The maximum absolute atomic E-state index is 10.7. The molecule has 4 heteroatoms. The minimum Gasteiger partial charge on any atom is -0.483 e. The number of nitrogens with two attached hydrogens (primary N) is 1. The molecule has 1 aromatic carbocycles. The molecule has 0 aliphatic carbocycles. The number of benzene rings is 1. The molecule has 0 heterocycles. The summed E-state index contributed by atoms with van der Waals surface area (Å²) in [4.78, 5) is 10.7. The molecule has 0 atom stereocenters. The zero-order chi connectivity index (χ0) is 12.7. The molecule has 0 bridgehead atoms. The van der Waals surface area contributed by atoms with Gasteiger partial charge in [-0.05, 0) is 18.5 Å². The van der Waals surface area contributed by atoms with Crippen molar-refractivity contribution in [1.82, 2.24) is 5.32 Å². The van der Waals surface area contributed by atoms with Gasteiger partial charge in [-0.15, -0.1) is 0 Å². The Kier molecular flexibility index (Phi) is 5.49. The average Bonchev–Trinajstić information content (AvgIpc) is 2.27. The van der Waals surface area contributed by atoms with E-state index in [0.717, 1.165) is 18.7 Å². The Morgan fingerprint density at radius 3 is 2.76 bits per heavy atom. The number of carbonyl (C=O) groups excluding carboxylic acids is 1. The van der Waals surface area contributed by atoms with Crippen LogP contribution in [0.4, 0.5) is 0 Å². The maximum atomic E-state index is 10.7. The first-order chi connectivity index (χ1) is 8.09. The molecule has 4 nitrogen and oxygen atoms in total. The monoisotopic (exact) mass is 236 g/mol.